The first-order chi connectivity index (χ1) is 12.6. The van der Waals surface area contributed by atoms with Crippen LogP contribution in [0.2, 0.25) is 0 Å². The first kappa shape index (κ1) is 18.8. The Morgan fingerprint density at radius 3 is 2.38 bits per heavy atom. The number of hydrogen-bond acceptors (Lipinski definition) is 7. The van der Waals surface area contributed by atoms with E-state index >= 15 is 0 Å². The molecule has 1 aromatic carbocycles. The largest absolute Gasteiger partial charge is 0.469 e. The fraction of sp³-hybridized carbons (Fsp3) is 0.167. The van der Waals surface area contributed by atoms with Crippen LogP contribution >= 0.6 is 0 Å². The molecule has 0 fully saturated rings. The summed E-state index contributed by atoms with van der Waals surface area (Å²) in [6.45, 7) is 0. The number of aromatic nitrogens is 1. The Bertz CT molecular complexity index is 804. The van der Waals surface area contributed by atoms with Crippen LogP contribution < -0.4 is 5.43 Å². The van der Waals surface area contributed by atoms with Crippen LogP contribution in [0.4, 0.5) is 5.69 Å². The van der Waals surface area contributed by atoms with Crippen LogP contribution in [0.5, 0.6) is 0 Å². The van der Waals surface area contributed by atoms with Gasteiger partial charge in [-0.1, -0.05) is 24.3 Å². The van der Waals surface area contributed by atoms with Crippen LogP contribution in [-0.4, -0.2) is 42.7 Å². The van der Waals surface area contributed by atoms with Crippen molar-refractivity contribution in [2.75, 3.05) is 14.2 Å². The predicted molar refractivity (Wildman–Crippen MR) is 96.1 cm³/mol. The van der Waals surface area contributed by atoms with Gasteiger partial charge in [-0.15, -0.1) is 0 Å². The molecule has 1 heterocycles. The summed E-state index contributed by atoms with van der Waals surface area (Å²) >= 11 is 0. The molecule has 8 nitrogen and oxygen atoms in total. The molecule has 0 aliphatic heterocycles. The third-order valence-electron chi connectivity index (χ3n) is 3.16. The second-order valence-electron chi connectivity index (χ2n) is 4.93. The van der Waals surface area contributed by atoms with Crippen molar-refractivity contribution >= 4 is 29.2 Å². The zero-order chi connectivity index (χ0) is 18.8. The molecular weight excluding hydrogens is 336 g/mol. The number of rotatable bonds is 6. The molecule has 0 radical (unpaired) electrons. The first-order valence-electron chi connectivity index (χ1n) is 7.67. The smallest absolute Gasteiger partial charge is 0.354 e. The van der Waals surface area contributed by atoms with Gasteiger partial charge in [-0.2, -0.15) is 5.10 Å². The van der Waals surface area contributed by atoms with Crippen LogP contribution in [-0.2, 0) is 19.1 Å². The molecule has 1 N–H and O–H groups in total. The summed E-state index contributed by atoms with van der Waals surface area (Å²) < 4.78 is 9.21. The summed E-state index contributed by atoms with van der Waals surface area (Å²) in [5.74, 6) is -1.05. The number of carbonyl (C=O) groups is 2. The number of amidine groups is 1. The maximum absolute atomic E-state index is 11.8. The van der Waals surface area contributed by atoms with Crippen LogP contribution in [0.15, 0.2) is 64.8 Å². The molecule has 0 saturated heterocycles. The lowest BCUT2D eigenvalue weighted by atomic mass is 10.3. The third-order valence-corrected chi connectivity index (χ3v) is 3.16. The summed E-state index contributed by atoms with van der Waals surface area (Å²) in [5, 5.41) is 3.98. The predicted octanol–water partition coefficient (Wildman–Crippen LogP) is 1.84. The van der Waals surface area contributed by atoms with Crippen molar-refractivity contribution in [3.63, 3.8) is 0 Å². The van der Waals surface area contributed by atoms with E-state index in [-0.39, 0.29) is 12.1 Å². The molecule has 2 aromatic rings. The molecule has 1 aromatic heterocycles. The molecule has 0 atom stereocenters. The average molecular weight is 354 g/mol. The molecule has 0 amide bonds. The minimum atomic E-state index is -0.747. The van der Waals surface area contributed by atoms with E-state index in [0.29, 0.717) is 17.2 Å². The minimum absolute atomic E-state index is 0.143. The van der Waals surface area contributed by atoms with Gasteiger partial charge in [0.05, 0.1) is 26.3 Å². The van der Waals surface area contributed by atoms with Crippen molar-refractivity contribution in [3.05, 3.63) is 60.4 Å². The van der Waals surface area contributed by atoms with Gasteiger partial charge in [0.1, 0.15) is 5.69 Å². The monoisotopic (exact) mass is 354 g/mol. The number of hydrogen-bond donors (Lipinski definition) is 1. The number of esters is 2. The SMILES string of the molecule is COC(=O)C/C(=N\NC(=Nc1ccccc1)c1ccccn1)C(=O)OC. The van der Waals surface area contributed by atoms with E-state index in [1.54, 1.807) is 24.4 Å². The van der Waals surface area contributed by atoms with Crippen molar-refractivity contribution in [2.45, 2.75) is 6.42 Å². The molecule has 26 heavy (non-hydrogen) atoms. The fourth-order valence-electron chi connectivity index (χ4n) is 1.88. The number of ether oxygens (including phenoxy) is 2. The summed E-state index contributed by atoms with van der Waals surface area (Å²) in [5.41, 5.74) is 3.74. The van der Waals surface area contributed by atoms with E-state index in [9.17, 15) is 9.59 Å². The molecular formula is C18H18N4O4. The van der Waals surface area contributed by atoms with Gasteiger partial charge in [0.15, 0.2) is 11.5 Å². The van der Waals surface area contributed by atoms with Gasteiger partial charge in [0, 0.05) is 6.20 Å². The van der Waals surface area contributed by atoms with E-state index in [0.717, 1.165) is 0 Å². The van der Waals surface area contributed by atoms with Gasteiger partial charge in [0.25, 0.3) is 0 Å². The molecule has 0 bridgehead atoms. The number of methoxy groups -OCH3 is 2. The topological polar surface area (TPSA) is 102 Å². The van der Waals surface area contributed by atoms with E-state index in [1.807, 2.05) is 30.3 Å². The Balaban J connectivity index is 2.34. The normalized spacial score (nSPS) is 11.6. The summed E-state index contributed by atoms with van der Waals surface area (Å²) in [4.78, 5) is 32.0. The number of aliphatic imine (C=N–C) groups is 1. The Morgan fingerprint density at radius 2 is 1.77 bits per heavy atom. The molecule has 2 rings (SSSR count). The van der Waals surface area contributed by atoms with E-state index < -0.39 is 11.9 Å². The lowest BCUT2D eigenvalue weighted by molar-refractivity contribution is -0.140. The quantitative estimate of drug-likeness (QED) is 0.367. The summed E-state index contributed by atoms with van der Waals surface area (Å²) in [6.07, 6.45) is 1.27. The number of benzene rings is 1. The number of hydrazone groups is 1. The Labute approximate surface area is 150 Å². The zero-order valence-electron chi connectivity index (χ0n) is 14.4. The van der Waals surface area contributed by atoms with Gasteiger partial charge in [-0.3, -0.25) is 15.2 Å². The van der Waals surface area contributed by atoms with E-state index in [4.69, 9.17) is 0 Å². The number of nitrogens with one attached hydrogen (secondary N) is 1. The van der Waals surface area contributed by atoms with Gasteiger partial charge < -0.3 is 9.47 Å². The third kappa shape index (κ3) is 5.52. The Kier molecular flexibility index (Phi) is 6.99. The highest BCUT2D eigenvalue weighted by molar-refractivity contribution is 6.39. The summed E-state index contributed by atoms with van der Waals surface area (Å²) in [6, 6.07) is 14.5. The molecule has 0 unspecified atom stereocenters. The van der Waals surface area contributed by atoms with Crippen molar-refractivity contribution < 1.29 is 19.1 Å². The molecule has 0 spiro atoms. The maximum atomic E-state index is 11.8. The number of carbonyl (C=O) groups excluding carboxylic acids is 2. The second kappa shape index (κ2) is 9.67. The number of nitrogens with zero attached hydrogens (tertiary/aromatic N) is 3. The van der Waals surface area contributed by atoms with Gasteiger partial charge in [-0.25, -0.2) is 9.79 Å². The second-order valence-corrected chi connectivity index (χ2v) is 4.93. The number of para-hydroxylation sites is 1. The van der Waals surface area contributed by atoms with Crippen LogP contribution in [0, 0.1) is 0 Å². The molecule has 134 valence electrons. The van der Waals surface area contributed by atoms with Gasteiger partial charge >= 0.3 is 11.9 Å². The Hall–Kier alpha value is -3.55. The van der Waals surface area contributed by atoms with Crippen LogP contribution in [0.25, 0.3) is 0 Å². The molecule has 0 saturated carbocycles. The average Bonchev–Trinajstić information content (AvgIpc) is 2.70. The molecule has 0 aliphatic rings. The lowest BCUT2D eigenvalue weighted by Crippen LogP contribution is -2.27. The van der Waals surface area contributed by atoms with E-state index in [1.165, 1.54) is 14.2 Å². The highest BCUT2D eigenvalue weighted by Gasteiger charge is 2.18. The van der Waals surface area contributed by atoms with Crippen molar-refractivity contribution in [1.29, 1.82) is 0 Å². The highest BCUT2D eigenvalue weighted by atomic mass is 16.5. The lowest BCUT2D eigenvalue weighted by Gasteiger charge is -2.08. The van der Waals surface area contributed by atoms with Crippen molar-refractivity contribution in [2.24, 2.45) is 10.1 Å². The Morgan fingerprint density at radius 1 is 1.04 bits per heavy atom. The van der Waals surface area contributed by atoms with Crippen LogP contribution in [0.3, 0.4) is 0 Å². The maximum Gasteiger partial charge on any atom is 0.354 e. The molecule has 0 aliphatic carbocycles. The number of pyridine rings is 1. The minimum Gasteiger partial charge on any atom is -0.469 e. The highest BCUT2D eigenvalue weighted by Crippen LogP contribution is 2.11. The van der Waals surface area contributed by atoms with Gasteiger partial charge in [0.2, 0.25) is 0 Å². The standard InChI is InChI=1S/C18H18N4O4/c1-25-16(23)12-15(18(24)26-2)21-22-17(14-10-6-7-11-19-14)20-13-8-4-3-5-9-13/h3-11H,12H2,1-2H3,(H,20,22)/b21-15+. The van der Waals surface area contributed by atoms with E-state index in [2.05, 4.69) is 30.0 Å². The van der Waals surface area contributed by atoms with Crippen molar-refractivity contribution in [3.8, 4) is 0 Å². The zero-order valence-corrected chi connectivity index (χ0v) is 14.4. The fourth-order valence-corrected chi connectivity index (χ4v) is 1.88. The van der Waals surface area contributed by atoms with Crippen LogP contribution in [0.1, 0.15) is 12.1 Å². The molecule has 8 heteroatoms. The van der Waals surface area contributed by atoms with Gasteiger partial charge in [-0.05, 0) is 24.3 Å². The van der Waals surface area contributed by atoms with Crippen molar-refractivity contribution in [1.82, 2.24) is 10.4 Å². The summed E-state index contributed by atoms with van der Waals surface area (Å²) in [7, 11) is 2.42. The first-order valence-corrected chi connectivity index (χ1v) is 7.67.